The average molecular weight is 267 g/mol. The second-order valence-electron chi connectivity index (χ2n) is 4.75. The molecule has 2 aromatic heterocycles. The van der Waals surface area contributed by atoms with Crippen molar-refractivity contribution >= 4 is 0 Å². The van der Waals surface area contributed by atoms with E-state index in [9.17, 15) is 0 Å². The number of benzene rings is 1. The molecule has 0 amide bonds. The number of hydrogen-bond acceptors (Lipinski definition) is 3. The topological polar surface area (TPSA) is 43.0 Å². The average Bonchev–Trinajstić information content (AvgIpc) is 3.17. The molecule has 0 bridgehead atoms. The van der Waals surface area contributed by atoms with Crippen LogP contribution in [0.4, 0.5) is 0 Å². The molecule has 2 heterocycles. The van der Waals surface area contributed by atoms with Gasteiger partial charge in [0.1, 0.15) is 5.76 Å². The number of para-hydroxylation sites is 1. The van der Waals surface area contributed by atoms with E-state index in [1.807, 2.05) is 59.5 Å². The molecular weight excluding hydrogens is 250 g/mol. The van der Waals surface area contributed by atoms with Crippen LogP contribution >= 0.6 is 0 Å². The van der Waals surface area contributed by atoms with Crippen molar-refractivity contribution in [1.29, 1.82) is 0 Å². The summed E-state index contributed by atoms with van der Waals surface area (Å²) in [6.07, 6.45) is 5.62. The van der Waals surface area contributed by atoms with E-state index in [-0.39, 0.29) is 6.04 Å². The lowest BCUT2D eigenvalue weighted by Gasteiger charge is -2.09. The van der Waals surface area contributed by atoms with Crippen molar-refractivity contribution in [2.75, 3.05) is 0 Å². The van der Waals surface area contributed by atoms with Gasteiger partial charge in [-0.2, -0.15) is 5.10 Å². The third-order valence-corrected chi connectivity index (χ3v) is 3.24. The molecule has 0 aliphatic rings. The van der Waals surface area contributed by atoms with Crippen LogP contribution in [0.3, 0.4) is 0 Å². The van der Waals surface area contributed by atoms with Gasteiger partial charge in [-0.3, -0.25) is 0 Å². The largest absolute Gasteiger partial charge is 0.468 e. The maximum Gasteiger partial charge on any atom is 0.120 e. The highest BCUT2D eigenvalue weighted by atomic mass is 16.3. The molecule has 0 aliphatic carbocycles. The van der Waals surface area contributed by atoms with Gasteiger partial charge in [0, 0.05) is 18.3 Å². The molecule has 0 aliphatic heterocycles. The Morgan fingerprint density at radius 1 is 1.20 bits per heavy atom. The zero-order valence-electron chi connectivity index (χ0n) is 11.4. The Morgan fingerprint density at radius 2 is 2.05 bits per heavy atom. The Hall–Kier alpha value is -2.33. The van der Waals surface area contributed by atoms with Gasteiger partial charge < -0.3 is 9.73 Å². The highest BCUT2D eigenvalue weighted by molar-refractivity contribution is 5.30. The molecule has 0 spiro atoms. The van der Waals surface area contributed by atoms with Gasteiger partial charge in [-0.15, -0.1) is 0 Å². The van der Waals surface area contributed by atoms with Crippen LogP contribution < -0.4 is 5.32 Å². The summed E-state index contributed by atoms with van der Waals surface area (Å²) in [5.74, 6) is 0.945. The molecule has 20 heavy (non-hydrogen) atoms. The third-order valence-electron chi connectivity index (χ3n) is 3.24. The Morgan fingerprint density at radius 3 is 2.80 bits per heavy atom. The second-order valence-corrected chi connectivity index (χ2v) is 4.75. The highest BCUT2D eigenvalue weighted by Crippen LogP contribution is 2.13. The Balaban J connectivity index is 1.63. The third kappa shape index (κ3) is 2.81. The number of nitrogens with one attached hydrogen (secondary N) is 1. The van der Waals surface area contributed by atoms with Gasteiger partial charge in [-0.25, -0.2) is 4.68 Å². The fourth-order valence-corrected chi connectivity index (χ4v) is 2.08. The van der Waals surface area contributed by atoms with Crippen LogP contribution in [0.2, 0.25) is 0 Å². The summed E-state index contributed by atoms with van der Waals surface area (Å²) in [5, 5.41) is 7.80. The number of hydrogen-bond donors (Lipinski definition) is 1. The summed E-state index contributed by atoms with van der Waals surface area (Å²) in [6, 6.07) is 14.2. The predicted molar refractivity (Wildman–Crippen MR) is 77.5 cm³/mol. The van der Waals surface area contributed by atoms with Crippen LogP contribution in [0.25, 0.3) is 5.69 Å². The van der Waals surface area contributed by atoms with E-state index in [2.05, 4.69) is 17.3 Å². The minimum absolute atomic E-state index is 0.185. The summed E-state index contributed by atoms with van der Waals surface area (Å²) in [6.45, 7) is 2.84. The normalized spacial score (nSPS) is 12.4. The van der Waals surface area contributed by atoms with Crippen LogP contribution in [-0.2, 0) is 6.54 Å². The standard InChI is InChI=1S/C16H17N3O/c1-13(16-8-5-9-20-16)17-10-14-11-18-19(12-14)15-6-3-2-4-7-15/h2-9,11-13,17H,10H2,1H3/t13-/m1/s1. The lowest BCUT2D eigenvalue weighted by atomic mass is 10.2. The van der Waals surface area contributed by atoms with Crippen molar-refractivity contribution < 1.29 is 4.42 Å². The Labute approximate surface area is 118 Å². The first-order valence-electron chi connectivity index (χ1n) is 6.69. The van der Waals surface area contributed by atoms with Crippen molar-refractivity contribution in [2.45, 2.75) is 19.5 Å². The maximum atomic E-state index is 5.37. The van der Waals surface area contributed by atoms with E-state index in [0.29, 0.717) is 0 Å². The molecule has 4 nitrogen and oxygen atoms in total. The zero-order chi connectivity index (χ0) is 13.8. The molecule has 0 saturated carbocycles. The molecule has 4 heteroatoms. The molecule has 1 N–H and O–H groups in total. The molecule has 0 radical (unpaired) electrons. The summed E-state index contributed by atoms with van der Waals surface area (Å²) >= 11 is 0. The molecular formula is C16H17N3O. The lowest BCUT2D eigenvalue weighted by Crippen LogP contribution is -2.17. The zero-order valence-corrected chi connectivity index (χ0v) is 11.4. The first-order chi connectivity index (χ1) is 9.83. The van der Waals surface area contributed by atoms with E-state index in [4.69, 9.17) is 4.42 Å². The van der Waals surface area contributed by atoms with Gasteiger partial charge in [-0.05, 0) is 31.2 Å². The van der Waals surface area contributed by atoms with E-state index in [0.717, 1.165) is 23.6 Å². The smallest absolute Gasteiger partial charge is 0.120 e. The quantitative estimate of drug-likeness (QED) is 0.771. The van der Waals surface area contributed by atoms with Crippen LogP contribution in [-0.4, -0.2) is 9.78 Å². The van der Waals surface area contributed by atoms with Crippen LogP contribution in [0.1, 0.15) is 24.3 Å². The first kappa shape index (κ1) is 12.7. The summed E-state index contributed by atoms with van der Waals surface area (Å²) in [5.41, 5.74) is 2.21. The molecule has 1 aromatic carbocycles. The van der Waals surface area contributed by atoms with Crippen molar-refractivity contribution in [2.24, 2.45) is 0 Å². The number of nitrogens with zero attached hydrogens (tertiary/aromatic N) is 2. The molecule has 1 atom stereocenters. The molecule has 102 valence electrons. The lowest BCUT2D eigenvalue weighted by molar-refractivity contribution is 0.430. The maximum absolute atomic E-state index is 5.37. The molecule has 0 saturated heterocycles. The molecule has 3 aromatic rings. The van der Waals surface area contributed by atoms with Gasteiger partial charge in [0.15, 0.2) is 0 Å². The SMILES string of the molecule is C[C@@H](NCc1cnn(-c2ccccc2)c1)c1ccco1. The monoisotopic (exact) mass is 267 g/mol. The fraction of sp³-hybridized carbons (Fsp3) is 0.188. The Bertz CT molecular complexity index is 643. The van der Waals surface area contributed by atoms with E-state index < -0.39 is 0 Å². The number of aromatic nitrogens is 2. The highest BCUT2D eigenvalue weighted by Gasteiger charge is 2.08. The minimum atomic E-state index is 0.185. The van der Waals surface area contributed by atoms with Crippen LogP contribution in [0, 0.1) is 0 Å². The van der Waals surface area contributed by atoms with Gasteiger partial charge >= 0.3 is 0 Å². The van der Waals surface area contributed by atoms with Gasteiger partial charge in [0.2, 0.25) is 0 Å². The van der Waals surface area contributed by atoms with Crippen LogP contribution in [0.15, 0.2) is 65.5 Å². The van der Waals surface area contributed by atoms with Gasteiger partial charge in [0.05, 0.1) is 24.2 Å². The van der Waals surface area contributed by atoms with E-state index in [1.165, 1.54) is 0 Å². The van der Waals surface area contributed by atoms with Gasteiger partial charge in [-0.1, -0.05) is 18.2 Å². The summed E-state index contributed by atoms with van der Waals surface area (Å²) < 4.78 is 7.26. The van der Waals surface area contributed by atoms with E-state index in [1.54, 1.807) is 6.26 Å². The Kier molecular flexibility index (Phi) is 3.65. The van der Waals surface area contributed by atoms with Crippen molar-refractivity contribution in [3.63, 3.8) is 0 Å². The van der Waals surface area contributed by atoms with Crippen molar-refractivity contribution in [1.82, 2.24) is 15.1 Å². The fourth-order valence-electron chi connectivity index (χ4n) is 2.08. The molecule has 3 rings (SSSR count). The molecule has 0 fully saturated rings. The predicted octanol–water partition coefficient (Wildman–Crippen LogP) is 3.32. The first-order valence-corrected chi connectivity index (χ1v) is 6.69. The van der Waals surface area contributed by atoms with Crippen LogP contribution in [0.5, 0.6) is 0 Å². The second kappa shape index (κ2) is 5.75. The number of furan rings is 1. The van der Waals surface area contributed by atoms with Gasteiger partial charge in [0.25, 0.3) is 0 Å². The molecule has 0 unspecified atom stereocenters. The van der Waals surface area contributed by atoms with Crippen molar-refractivity contribution in [3.05, 3.63) is 72.4 Å². The van der Waals surface area contributed by atoms with E-state index >= 15 is 0 Å². The van der Waals surface area contributed by atoms with Crippen molar-refractivity contribution in [3.8, 4) is 5.69 Å². The summed E-state index contributed by atoms with van der Waals surface area (Å²) in [4.78, 5) is 0. The summed E-state index contributed by atoms with van der Waals surface area (Å²) in [7, 11) is 0. The number of rotatable bonds is 5. The minimum Gasteiger partial charge on any atom is -0.468 e.